The topological polar surface area (TPSA) is 56.8 Å². The number of nitrogens with two attached hydrogens (primary N) is 1. The van der Waals surface area contributed by atoms with E-state index in [0.717, 1.165) is 23.4 Å². The number of methoxy groups -OCH3 is 1. The van der Waals surface area contributed by atoms with E-state index in [9.17, 15) is 0 Å². The highest BCUT2D eigenvalue weighted by Gasteiger charge is 2.35. The van der Waals surface area contributed by atoms with Gasteiger partial charge in [0.1, 0.15) is 5.75 Å². The lowest BCUT2D eigenvalue weighted by Gasteiger charge is -2.22. The molecule has 1 aliphatic rings. The maximum Gasteiger partial charge on any atom is 0.165 e. The molecule has 0 radical (unpaired) electrons. The molecule has 0 amide bonds. The van der Waals surface area contributed by atoms with Crippen LogP contribution in [0, 0.1) is 0 Å². The zero-order valence-corrected chi connectivity index (χ0v) is 9.56. The molecule has 0 fully saturated rings. The highest BCUT2D eigenvalue weighted by molar-refractivity contribution is 5.87. The van der Waals surface area contributed by atoms with Crippen molar-refractivity contribution in [3.05, 3.63) is 29.8 Å². The number of benzene rings is 1. The van der Waals surface area contributed by atoms with Crippen LogP contribution in [0.4, 0.5) is 0 Å². The molecular weight excluding hydrogens is 204 g/mol. The fourth-order valence-electron chi connectivity index (χ4n) is 1.83. The third-order valence-electron chi connectivity index (χ3n) is 2.85. The van der Waals surface area contributed by atoms with Gasteiger partial charge in [-0.15, -0.1) is 0 Å². The normalized spacial score (nSPS) is 23.8. The van der Waals surface area contributed by atoms with Crippen LogP contribution in [0.15, 0.2) is 29.4 Å². The van der Waals surface area contributed by atoms with Gasteiger partial charge in [0.05, 0.1) is 12.8 Å². The molecule has 4 heteroatoms. The molecule has 2 N–H and O–H groups in total. The van der Waals surface area contributed by atoms with Crippen LogP contribution in [0.1, 0.15) is 18.9 Å². The minimum atomic E-state index is -0.388. The highest BCUT2D eigenvalue weighted by atomic mass is 16.7. The van der Waals surface area contributed by atoms with Gasteiger partial charge in [0.25, 0.3) is 0 Å². The fourth-order valence-corrected chi connectivity index (χ4v) is 1.83. The molecular formula is C12H16N2O2. The van der Waals surface area contributed by atoms with E-state index in [1.807, 2.05) is 31.2 Å². The number of hydrogen-bond acceptors (Lipinski definition) is 4. The van der Waals surface area contributed by atoms with Gasteiger partial charge in [-0.3, -0.25) is 0 Å². The monoisotopic (exact) mass is 220 g/mol. The van der Waals surface area contributed by atoms with Crippen molar-refractivity contribution in [1.29, 1.82) is 0 Å². The first-order chi connectivity index (χ1) is 7.68. The van der Waals surface area contributed by atoms with E-state index in [1.54, 1.807) is 7.11 Å². The molecule has 1 heterocycles. The van der Waals surface area contributed by atoms with Crippen molar-refractivity contribution < 1.29 is 9.57 Å². The van der Waals surface area contributed by atoms with Crippen molar-refractivity contribution in [2.24, 2.45) is 10.9 Å². The molecule has 1 aliphatic heterocycles. The summed E-state index contributed by atoms with van der Waals surface area (Å²) in [6, 6.07) is 7.83. The SMILES string of the molecule is COc1ccc(C2(C)CC(CN)=NO2)cc1. The predicted molar refractivity (Wildman–Crippen MR) is 62.5 cm³/mol. The Kier molecular flexibility index (Phi) is 2.83. The summed E-state index contributed by atoms with van der Waals surface area (Å²) in [7, 11) is 1.65. The lowest BCUT2D eigenvalue weighted by molar-refractivity contribution is -0.00741. The number of oxime groups is 1. The van der Waals surface area contributed by atoms with Crippen LogP contribution in [-0.2, 0) is 10.4 Å². The van der Waals surface area contributed by atoms with Crippen LogP contribution < -0.4 is 10.5 Å². The molecule has 0 aliphatic carbocycles. The second kappa shape index (κ2) is 4.14. The maximum absolute atomic E-state index is 5.55. The molecule has 0 aromatic heterocycles. The van der Waals surface area contributed by atoms with E-state index in [-0.39, 0.29) is 5.60 Å². The maximum atomic E-state index is 5.55. The third kappa shape index (κ3) is 1.88. The summed E-state index contributed by atoms with van der Waals surface area (Å²) in [4.78, 5) is 5.47. The first-order valence-corrected chi connectivity index (χ1v) is 5.26. The van der Waals surface area contributed by atoms with Crippen LogP contribution in [-0.4, -0.2) is 19.4 Å². The first-order valence-electron chi connectivity index (χ1n) is 5.26. The first kappa shape index (κ1) is 11.0. The molecule has 16 heavy (non-hydrogen) atoms. The smallest absolute Gasteiger partial charge is 0.165 e. The molecule has 1 atom stereocenters. The minimum Gasteiger partial charge on any atom is -0.497 e. The summed E-state index contributed by atoms with van der Waals surface area (Å²) in [5, 5.41) is 3.99. The van der Waals surface area contributed by atoms with E-state index in [0.29, 0.717) is 6.54 Å². The lowest BCUT2D eigenvalue weighted by atomic mass is 9.91. The summed E-state index contributed by atoms with van der Waals surface area (Å²) in [5.41, 5.74) is 7.14. The lowest BCUT2D eigenvalue weighted by Crippen LogP contribution is -2.23. The van der Waals surface area contributed by atoms with E-state index in [2.05, 4.69) is 5.16 Å². The molecule has 0 spiro atoms. The van der Waals surface area contributed by atoms with Crippen molar-refractivity contribution in [2.75, 3.05) is 13.7 Å². The highest BCUT2D eigenvalue weighted by Crippen LogP contribution is 2.34. The van der Waals surface area contributed by atoms with Crippen LogP contribution >= 0.6 is 0 Å². The Bertz CT molecular complexity index is 400. The van der Waals surface area contributed by atoms with Crippen LogP contribution in [0.3, 0.4) is 0 Å². The van der Waals surface area contributed by atoms with Gasteiger partial charge in [-0.05, 0) is 24.6 Å². The van der Waals surface area contributed by atoms with Gasteiger partial charge in [-0.2, -0.15) is 0 Å². The van der Waals surface area contributed by atoms with Crippen LogP contribution in [0.2, 0.25) is 0 Å². The summed E-state index contributed by atoms with van der Waals surface area (Å²) in [6.07, 6.45) is 0.746. The van der Waals surface area contributed by atoms with Crippen molar-refractivity contribution in [3.8, 4) is 5.75 Å². The van der Waals surface area contributed by atoms with Gasteiger partial charge in [-0.25, -0.2) is 0 Å². The van der Waals surface area contributed by atoms with E-state index in [1.165, 1.54) is 0 Å². The molecule has 1 aromatic carbocycles. The van der Waals surface area contributed by atoms with Crippen molar-refractivity contribution in [3.63, 3.8) is 0 Å². The summed E-state index contributed by atoms with van der Waals surface area (Å²) in [6.45, 7) is 2.46. The average Bonchev–Trinajstić information content (AvgIpc) is 2.73. The van der Waals surface area contributed by atoms with Gasteiger partial charge in [-0.1, -0.05) is 17.3 Å². The van der Waals surface area contributed by atoms with Crippen molar-refractivity contribution in [1.82, 2.24) is 0 Å². The largest absolute Gasteiger partial charge is 0.497 e. The van der Waals surface area contributed by atoms with Gasteiger partial charge in [0.2, 0.25) is 0 Å². The van der Waals surface area contributed by atoms with E-state index in [4.69, 9.17) is 15.3 Å². The van der Waals surface area contributed by atoms with Crippen molar-refractivity contribution >= 4 is 5.71 Å². The molecule has 0 bridgehead atoms. The Morgan fingerprint density at radius 2 is 2.12 bits per heavy atom. The zero-order chi connectivity index (χ0) is 11.6. The standard InChI is InChI=1S/C12H16N2O2/c1-12(7-10(8-13)14-16-12)9-3-5-11(15-2)6-4-9/h3-6H,7-8,13H2,1-2H3. The molecule has 2 rings (SSSR count). The van der Waals surface area contributed by atoms with Gasteiger partial charge >= 0.3 is 0 Å². The van der Waals surface area contributed by atoms with Crippen molar-refractivity contribution in [2.45, 2.75) is 18.9 Å². The Labute approximate surface area is 95.0 Å². The quantitative estimate of drug-likeness (QED) is 0.842. The number of ether oxygens (including phenoxy) is 1. The third-order valence-corrected chi connectivity index (χ3v) is 2.85. The zero-order valence-electron chi connectivity index (χ0n) is 9.56. The molecule has 0 saturated heterocycles. The molecule has 86 valence electrons. The molecule has 1 unspecified atom stereocenters. The second-order valence-corrected chi connectivity index (χ2v) is 4.09. The van der Waals surface area contributed by atoms with E-state index < -0.39 is 0 Å². The Morgan fingerprint density at radius 3 is 2.62 bits per heavy atom. The van der Waals surface area contributed by atoms with Crippen LogP contribution in [0.25, 0.3) is 0 Å². The number of rotatable bonds is 3. The Hall–Kier alpha value is -1.55. The fraction of sp³-hybridized carbons (Fsp3) is 0.417. The van der Waals surface area contributed by atoms with E-state index >= 15 is 0 Å². The number of nitrogens with zero attached hydrogens (tertiary/aromatic N) is 1. The number of hydrogen-bond donors (Lipinski definition) is 1. The summed E-state index contributed by atoms with van der Waals surface area (Å²) in [5.74, 6) is 0.838. The molecule has 1 aromatic rings. The molecule has 4 nitrogen and oxygen atoms in total. The van der Waals surface area contributed by atoms with Gasteiger partial charge in [0, 0.05) is 13.0 Å². The van der Waals surface area contributed by atoms with Crippen LogP contribution in [0.5, 0.6) is 5.75 Å². The van der Waals surface area contributed by atoms with Gasteiger partial charge in [0.15, 0.2) is 5.60 Å². The second-order valence-electron chi connectivity index (χ2n) is 4.09. The minimum absolute atomic E-state index is 0.388. The molecule has 0 saturated carbocycles. The predicted octanol–water partition coefficient (Wildman–Crippen LogP) is 1.65. The summed E-state index contributed by atoms with van der Waals surface area (Å²) >= 11 is 0. The van der Waals surface area contributed by atoms with Gasteiger partial charge < -0.3 is 15.3 Å². The average molecular weight is 220 g/mol. The Morgan fingerprint density at radius 1 is 1.44 bits per heavy atom. The Balaban J connectivity index is 2.18. The summed E-state index contributed by atoms with van der Waals surface area (Å²) < 4.78 is 5.12.